The molecule has 0 bridgehead atoms. The maximum atomic E-state index is 11.7. The Morgan fingerprint density at radius 2 is 1.76 bits per heavy atom. The van der Waals surface area contributed by atoms with Crippen molar-refractivity contribution < 1.29 is 13.2 Å². The van der Waals surface area contributed by atoms with Crippen molar-refractivity contribution in [3.05, 3.63) is 35.3 Å². The number of aryl methyl sites for hydroxylation is 1. The Bertz CT molecular complexity index is 738. The maximum Gasteiger partial charge on any atom is 0.325 e. The number of urea groups is 1. The lowest BCUT2D eigenvalue weighted by Gasteiger charge is -2.07. The summed E-state index contributed by atoms with van der Waals surface area (Å²) in [5.41, 5.74) is 1.81. The number of carbonyl (C=O) groups is 1. The van der Waals surface area contributed by atoms with Gasteiger partial charge in [0.25, 0.3) is 0 Å². The lowest BCUT2D eigenvalue weighted by atomic mass is 10.3. The van der Waals surface area contributed by atoms with Crippen molar-refractivity contribution in [1.29, 1.82) is 0 Å². The Balaban J connectivity index is 1.95. The number of hydrogen-bond donors (Lipinski definition) is 3. The minimum absolute atomic E-state index is 0.409. The molecule has 0 aliphatic rings. The summed E-state index contributed by atoms with van der Waals surface area (Å²) < 4.78 is 24.5. The second-order valence-electron chi connectivity index (χ2n) is 4.32. The molecule has 0 fully saturated rings. The van der Waals surface area contributed by atoms with E-state index in [2.05, 4.69) is 20.3 Å². The van der Waals surface area contributed by atoms with E-state index in [1.54, 1.807) is 24.3 Å². The average Bonchev–Trinajstić information content (AvgIpc) is 2.75. The van der Waals surface area contributed by atoms with Crippen molar-refractivity contribution in [2.24, 2.45) is 0 Å². The minimum Gasteiger partial charge on any atom is -0.308 e. The number of aromatic nitrogens is 1. The fraction of sp³-hybridized carbons (Fsp3) is 0.167. The van der Waals surface area contributed by atoms with Crippen molar-refractivity contribution in [2.45, 2.75) is 6.92 Å². The topological polar surface area (TPSA) is 100 Å². The number of carbonyl (C=O) groups excluding carboxylic acids is 1. The largest absolute Gasteiger partial charge is 0.325 e. The molecule has 0 unspecified atom stereocenters. The van der Waals surface area contributed by atoms with Crippen LogP contribution >= 0.6 is 11.3 Å². The molecule has 0 saturated heterocycles. The van der Waals surface area contributed by atoms with Crippen LogP contribution in [0.5, 0.6) is 0 Å². The maximum absolute atomic E-state index is 11.7. The van der Waals surface area contributed by atoms with E-state index in [1.165, 1.54) is 11.3 Å². The number of thiazole rings is 1. The van der Waals surface area contributed by atoms with Crippen molar-refractivity contribution in [3.8, 4) is 0 Å². The highest BCUT2D eigenvalue weighted by molar-refractivity contribution is 7.92. The van der Waals surface area contributed by atoms with Gasteiger partial charge in [0, 0.05) is 16.8 Å². The number of benzene rings is 1. The number of sulfonamides is 1. The Hall–Kier alpha value is -2.13. The molecule has 9 heteroatoms. The van der Waals surface area contributed by atoms with Crippen LogP contribution in [0.1, 0.15) is 5.69 Å². The van der Waals surface area contributed by atoms with Gasteiger partial charge in [0.1, 0.15) is 0 Å². The van der Waals surface area contributed by atoms with Crippen LogP contribution in [0, 0.1) is 6.92 Å². The first-order chi connectivity index (χ1) is 9.82. The third-order valence-electron chi connectivity index (χ3n) is 2.29. The SMILES string of the molecule is Cc1csc(NC(=O)Nc2ccc(NS(C)(=O)=O)cc2)n1. The molecule has 112 valence electrons. The zero-order valence-corrected chi connectivity index (χ0v) is 13.0. The predicted octanol–water partition coefficient (Wildman–Crippen LogP) is 2.47. The fourth-order valence-electron chi connectivity index (χ4n) is 1.51. The molecule has 2 amide bonds. The van der Waals surface area contributed by atoms with Gasteiger partial charge >= 0.3 is 6.03 Å². The summed E-state index contributed by atoms with van der Waals surface area (Å²) in [6, 6.07) is 5.91. The van der Waals surface area contributed by atoms with E-state index in [4.69, 9.17) is 0 Å². The second kappa shape index (κ2) is 6.10. The number of hydrogen-bond acceptors (Lipinski definition) is 5. The van der Waals surface area contributed by atoms with E-state index in [0.717, 1.165) is 11.9 Å². The first-order valence-electron chi connectivity index (χ1n) is 5.90. The first-order valence-corrected chi connectivity index (χ1v) is 8.67. The highest BCUT2D eigenvalue weighted by atomic mass is 32.2. The molecule has 0 aliphatic carbocycles. The highest BCUT2D eigenvalue weighted by Crippen LogP contribution is 2.17. The van der Waals surface area contributed by atoms with E-state index in [1.807, 2.05) is 12.3 Å². The van der Waals surface area contributed by atoms with E-state index in [9.17, 15) is 13.2 Å². The first kappa shape index (κ1) is 15.3. The van der Waals surface area contributed by atoms with Gasteiger partial charge in [0.15, 0.2) is 5.13 Å². The lowest BCUT2D eigenvalue weighted by molar-refractivity contribution is 0.262. The molecule has 2 aromatic rings. The van der Waals surface area contributed by atoms with Gasteiger partial charge in [0.2, 0.25) is 10.0 Å². The van der Waals surface area contributed by atoms with E-state index >= 15 is 0 Å². The van der Waals surface area contributed by atoms with Crippen molar-refractivity contribution in [2.75, 3.05) is 21.6 Å². The zero-order chi connectivity index (χ0) is 15.5. The molecule has 7 nitrogen and oxygen atoms in total. The Labute approximate surface area is 126 Å². The molecule has 2 rings (SSSR count). The number of anilines is 3. The Morgan fingerprint density at radius 1 is 1.14 bits per heavy atom. The zero-order valence-electron chi connectivity index (χ0n) is 11.4. The van der Waals surface area contributed by atoms with Crippen LogP contribution in [-0.4, -0.2) is 25.7 Å². The van der Waals surface area contributed by atoms with Gasteiger partial charge in [0.05, 0.1) is 11.9 Å². The summed E-state index contributed by atoms with van der Waals surface area (Å²) in [5.74, 6) is 0. The summed E-state index contributed by atoms with van der Waals surface area (Å²) in [6.45, 7) is 1.84. The van der Waals surface area contributed by atoms with Crippen LogP contribution in [0.3, 0.4) is 0 Å². The van der Waals surface area contributed by atoms with Gasteiger partial charge in [-0.05, 0) is 31.2 Å². The molecule has 3 N–H and O–H groups in total. The van der Waals surface area contributed by atoms with Crippen molar-refractivity contribution >= 4 is 43.9 Å². The van der Waals surface area contributed by atoms with Crippen molar-refractivity contribution in [1.82, 2.24) is 4.98 Å². The lowest BCUT2D eigenvalue weighted by Crippen LogP contribution is -2.19. The molecule has 0 spiro atoms. The van der Waals surface area contributed by atoms with Crippen LogP contribution in [0.25, 0.3) is 0 Å². The molecular formula is C12H14N4O3S2. The Kier molecular flexibility index (Phi) is 4.43. The number of amides is 2. The van der Waals surface area contributed by atoms with Crippen molar-refractivity contribution in [3.63, 3.8) is 0 Å². The molecule has 0 saturated carbocycles. The molecule has 1 heterocycles. The van der Waals surface area contributed by atoms with Gasteiger partial charge in [-0.25, -0.2) is 18.2 Å². The summed E-state index contributed by atoms with van der Waals surface area (Å²) >= 11 is 1.34. The summed E-state index contributed by atoms with van der Waals surface area (Å²) in [5, 5.41) is 7.59. The molecule has 0 aliphatic heterocycles. The van der Waals surface area contributed by atoms with Gasteiger partial charge < -0.3 is 5.32 Å². The number of nitrogens with zero attached hydrogens (tertiary/aromatic N) is 1. The molecule has 0 atom stereocenters. The predicted molar refractivity (Wildman–Crippen MR) is 84.4 cm³/mol. The van der Waals surface area contributed by atoms with Gasteiger partial charge in [-0.1, -0.05) is 0 Å². The fourth-order valence-corrected chi connectivity index (χ4v) is 2.75. The van der Waals surface area contributed by atoms with Crippen LogP contribution in [0.2, 0.25) is 0 Å². The van der Waals surface area contributed by atoms with Gasteiger partial charge in [-0.2, -0.15) is 0 Å². The van der Waals surface area contributed by atoms with Crippen LogP contribution in [-0.2, 0) is 10.0 Å². The Morgan fingerprint density at radius 3 is 2.29 bits per heavy atom. The van der Waals surface area contributed by atoms with E-state index < -0.39 is 16.1 Å². The highest BCUT2D eigenvalue weighted by Gasteiger charge is 2.06. The molecule has 1 aromatic carbocycles. The van der Waals surface area contributed by atoms with Crippen LogP contribution < -0.4 is 15.4 Å². The second-order valence-corrected chi connectivity index (χ2v) is 6.93. The molecule has 21 heavy (non-hydrogen) atoms. The standard InChI is InChI=1S/C12H14N4O3S2/c1-8-7-20-12(13-8)15-11(17)14-9-3-5-10(6-4-9)16-21(2,18)19/h3-7,16H,1-2H3,(H2,13,14,15,17). The van der Waals surface area contributed by atoms with Crippen LogP contribution in [0.15, 0.2) is 29.6 Å². The van der Waals surface area contributed by atoms with E-state index in [-0.39, 0.29) is 0 Å². The third-order valence-corrected chi connectivity index (χ3v) is 3.77. The quantitative estimate of drug-likeness (QED) is 0.803. The van der Waals surface area contributed by atoms with Gasteiger partial charge in [-0.15, -0.1) is 11.3 Å². The molecule has 0 radical (unpaired) electrons. The molecular weight excluding hydrogens is 312 g/mol. The third kappa shape index (κ3) is 5.04. The number of rotatable bonds is 4. The normalized spacial score (nSPS) is 11.0. The number of nitrogens with one attached hydrogen (secondary N) is 3. The van der Waals surface area contributed by atoms with Crippen LogP contribution in [0.4, 0.5) is 21.3 Å². The molecule has 1 aromatic heterocycles. The van der Waals surface area contributed by atoms with E-state index in [0.29, 0.717) is 16.5 Å². The van der Waals surface area contributed by atoms with Gasteiger partial charge in [-0.3, -0.25) is 10.0 Å². The smallest absolute Gasteiger partial charge is 0.308 e. The summed E-state index contributed by atoms with van der Waals surface area (Å²) in [6.07, 6.45) is 1.07. The summed E-state index contributed by atoms with van der Waals surface area (Å²) in [4.78, 5) is 15.9. The monoisotopic (exact) mass is 326 g/mol. The average molecular weight is 326 g/mol. The summed E-state index contributed by atoms with van der Waals surface area (Å²) in [7, 11) is -3.31. The minimum atomic E-state index is -3.31.